The molecule has 102 valence electrons. The third-order valence-electron chi connectivity index (χ3n) is 2.80. The fourth-order valence-corrected chi connectivity index (χ4v) is 3.10. The van der Waals surface area contributed by atoms with Gasteiger partial charge in [0.15, 0.2) is 9.84 Å². The van der Waals surface area contributed by atoms with E-state index < -0.39 is 26.9 Å². The zero-order valence-electron chi connectivity index (χ0n) is 9.72. The van der Waals surface area contributed by atoms with Crippen molar-refractivity contribution in [2.24, 2.45) is 0 Å². The highest BCUT2D eigenvalue weighted by molar-refractivity contribution is 9.10. The van der Waals surface area contributed by atoms with E-state index >= 15 is 0 Å². The third kappa shape index (κ3) is 3.13. The van der Waals surface area contributed by atoms with Crippen molar-refractivity contribution in [2.75, 3.05) is 5.75 Å². The SMILES string of the molecule is O=C(NNC(=O)C1CCS1(=O)=O)c1ccc(Br)cc1. The minimum atomic E-state index is -3.31. The van der Waals surface area contributed by atoms with E-state index in [9.17, 15) is 18.0 Å². The van der Waals surface area contributed by atoms with Crippen LogP contribution in [0, 0.1) is 0 Å². The van der Waals surface area contributed by atoms with Crippen molar-refractivity contribution in [3.63, 3.8) is 0 Å². The molecule has 0 radical (unpaired) electrons. The predicted octanol–water partition coefficient (Wildman–Crippen LogP) is 0.397. The van der Waals surface area contributed by atoms with Crippen LogP contribution in [0.1, 0.15) is 16.8 Å². The smallest absolute Gasteiger partial charge is 0.269 e. The number of amides is 2. The molecule has 2 N–H and O–H groups in total. The van der Waals surface area contributed by atoms with Crippen molar-refractivity contribution < 1.29 is 18.0 Å². The Labute approximate surface area is 118 Å². The van der Waals surface area contributed by atoms with Gasteiger partial charge in [0.05, 0.1) is 5.75 Å². The van der Waals surface area contributed by atoms with E-state index in [4.69, 9.17) is 0 Å². The molecule has 8 heteroatoms. The standard InChI is InChI=1S/C11H11BrN2O4S/c12-8-3-1-7(2-4-8)10(15)13-14-11(16)9-5-6-19(9,17)18/h1-4,9H,5-6H2,(H,13,15)(H,14,16). The van der Waals surface area contributed by atoms with Crippen LogP contribution in [0.25, 0.3) is 0 Å². The first kappa shape index (κ1) is 14.0. The minimum absolute atomic E-state index is 0.0196. The van der Waals surface area contributed by atoms with Gasteiger partial charge < -0.3 is 0 Å². The highest BCUT2D eigenvalue weighted by Gasteiger charge is 2.41. The van der Waals surface area contributed by atoms with Crippen LogP contribution in [0.3, 0.4) is 0 Å². The number of hydrogen-bond acceptors (Lipinski definition) is 4. The molecule has 1 aromatic carbocycles. The second-order valence-corrected chi connectivity index (χ2v) is 7.31. The summed E-state index contributed by atoms with van der Waals surface area (Å²) in [4.78, 5) is 23.2. The Bertz CT molecular complexity index is 612. The van der Waals surface area contributed by atoms with Gasteiger partial charge in [0.2, 0.25) is 0 Å². The first-order valence-corrected chi connectivity index (χ1v) is 7.98. The molecule has 1 heterocycles. The largest absolute Gasteiger partial charge is 0.272 e. The molecule has 1 aliphatic rings. The zero-order chi connectivity index (χ0) is 14.0. The lowest BCUT2D eigenvalue weighted by molar-refractivity contribution is -0.121. The van der Waals surface area contributed by atoms with Crippen molar-refractivity contribution in [1.29, 1.82) is 0 Å². The molecule has 1 aliphatic heterocycles. The van der Waals surface area contributed by atoms with E-state index in [2.05, 4.69) is 26.8 Å². The summed E-state index contributed by atoms with van der Waals surface area (Å²) >= 11 is 3.24. The molecule has 0 spiro atoms. The van der Waals surface area contributed by atoms with Gasteiger partial charge in [0, 0.05) is 10.0 Å². The van der Waals surface area contributed by atoms with Gasteiger partial charge in [-0.15, -0.1) is 0 Å². The fourth-order valence-electron chi connectivity index (χ4n) is 1.59. The van der Waals surface area contributed by atoms with Gasteiger partial charge in [-0.25, -0.2) is 8.42 Å². The molecule has 19 heavy (non-hydrogen) atoms. The highest BCUT2D eigenvalue weighted by atomic mass is 79.9. The maximum Gasteiger partial charge on any atom is 0.269 e. The number of hydrazine groups is 1. The molecular formula is C11H11BrN2O4S. The van der Waals surface area contributed by atoms with E-state index in [1.807, 2.05) is 0 Å². The molecule has 1 aromatic rings. The molecular weight excluding hydrogens is 336 g/mol. The summed E-state index contributed by atoms with van der Waals surface area (Å²) < 4.78 is 23.3. The summed E-state index contributed by atoms with van der Waals surface area (Å²) in [7, 11) is -3.31. The van der Waals surface area contributed by atoms with E-state index in [0.717, 1.165) is 4.47 Å². The van der Waals surface area contributed by atoms with Crippen molar-refractivity contribution in [3.05, 3.63) is 34.3 Å². The average molecular weight is 347 g/mol. The van der Waals surface area contributed by atoms with Crippen molar-refractivity contribution in [1.82, 2.24) is 10.9 Å². The highest BCUT2D eigenvalue weighted by Crippen LogP contribution is 2.20. The summed E-state index contributed by atoms with van der Waals surface area (Å²) in [5.41, 5.74) is 4.67. The van der Waals surface area contributed by atoms with Gasteiger partial charge in [-0.3, -0.25) is 20.4 Å². The van der Waals surface area contributed by atoms with Gasteiger partial charge in [0.25, 0.3) is 11.8 Å². The molecule has 6 nitrogen and oxygen atoms in total. The van der Waals surface area contributed by atoms with Gasteiger partial charge in [-0.2, -0.15) is 0 Å². The summed E-state index contributed by atoms with van der Waals surface area (Å²) in [6, 6.07) is 6.53. The van der Waals surface area contributed by atoms with Crippen LogP contribution in [-0.2, 0) is 14.6 Å². The first-order valence-electron chi connectivity index (χ1n) is 5.47. The lowest BCUT2D eigenvalue weighted by Crippen LogP contribution is -2.53. The number of sulfone groups is 1. The average Bonchev–Trinajstić information content (AvgIpc) is 2.35. The normalized spacial score (nSPS) is 20.2. The Kier molecular flexibility index (Phi) is 3.91. The summed E-state index contributed by atoms with van der Waals surface area (Å²) in [5, 5.41) is -1.04. The number of rotatable bonds is 2. The number of halogens is 1. The molecule has 0 aliphatic carbocycles. The van der Waals surface area contributed by atoms with E-state index in [-0.39, 0.29) is 5.75 Å². The Hall–Kier alpha value is -1.41. The maximum absolute atomic E-state index is 11.7. The van der Waals surface area contributed by atoms with Crippen molar-refractivity contribution >= 4 is 37.6 Å². The molecule has 0 aromatic heterocycles. The first-order chi connectivity index (χ1) is 8.90. The zero-order valence-corrected chi connectivity index (χ0v) is 12.1. The van der Waals surface area contributed by atoms with E-state index in [1.54, 1.807) is 24.3 Å². The maximum atomic E-state index is 11.7. The van der Waals surface area contributed by atoms with E-state index in [0.29, 0.717) is 12.0 Å². The number of carbonyl (C=O) groups is 2. The Morgan fingerprint density at radius 2 is 1.79 bits per heavy atom. The molecule has 1 atom stereocenters. The Morgan fingerprint density at radius 3 is 2.26 bits per heavy atom. The van der Waals surface area contributed by atoms with Crippen LogP contribution in [-0.4, -0.2) is 31.2 Å². The number of nitrogens with one attached hydrogen (secondary N) is 2. The van der Waals surface area contributed by atoms with Gasteiger partial charge in [-0.05, 0) is 30.7 Å². The van der Waals surface area contributed by atoms with Crippen molar-refractivity contribution in [2.45, 2.75) is 11.7 Å². The third-order valence-corrected chi connectivity index (χ3v) is 5.45. The monoisotopic (exact) mass is 346 g/mol. The lowest BCUT2D eigenvalue weighted by Gasteiger charge is -2.24. The summed E-state index contributed by atoms with van der Waals surface area (Å²) in [6.45, 7) is 0. The van der Waals surface area contributed by atoms with Crippen LogP contribution in [0.2, 0.25) is 0 Å². The molecule has 1 unspecified atom stereocenters. The molecule has 1 saturated heterocycles. The van der Waals surface area contributed by atoms with Crippen LogP contribution < -0.4 is 10.9 Å². The van der Waals surface area contributed by atoms with Crippen molar-refractivity contribution in [3.8, 4) is 0 Å². The number of hydrogen-bond donors (Lipinski definition) is 2. The fraction of sp³-hybridized carbons (Fsp3) is 0.273. The quantitative estimate of drug-likeness (QED) is 0.758. The molecule has 1 fully saturated rings. The number of benzene rings is 1. The van der Waals surface area contributed by atoms with Gasteiger partial charge >= 0.3 is 0 Å². The molecule has 2 amide bonds. The van der Waals surface area contributed by atoms with Crippen LogP contribution in [0.4, 0.5) is 0 Å². The Morgan fingerprint density at radius 1 is 1.16 bits per heavy atom. The lowest BCUT2D eigenvalue weighted by atomic mass is 10.2. The van der Waals surface area contributed by atoms with Crippen LogP contribution in [0.15, 0.2) is 28.7 Å². The molecule has 0 bridgehead atoms. The van der Waals surface area contributed by atoms with Crippen LogP contribution in [0.5, 0.6) is 0 Å². The van der Waals surface area contributed by atoms with Crippen LogP contribution >= 0.6 is 15.9 Å². The molecule has 2 rings (SSSR count). The predicted molar refractivity (Wildman–Crippen MR) is 71.9 cm³/mol. The van der Waals surface area contributed by atoms with Gasteiger partial charge in [0.1, 0.15) is 5.25 Å². The Balaban J connectivity index is 1.90. The topological polar surface area (TPSA) is 92.3 Å². The second kappa shape index (κ2) is 5.30. The van der Waals surface area contributed by atoms with E-state index in [1.165, 1.54) is 0 Å². The summed E-state index contributed by atoms with van der Waals surface area (Å²) in [6.07, 6.45) is 0.294. The minimum Gasteiger partial charge on any atom is -0.272 e. The molecule has 0 saturated carbocycles. The van der Waals surface area contributed by atoms with Gasteiger partial charge in [-0.1, -0.05) is 15.9 Å². The second-order valence-electron chi connectivity index (χ2n) is 4.09. The number of carbonyl (C=O) groups excluding carboxylic acids is 2. The summed E-state index contributed by atoms with van der Waals surface area (Å²) in [5.74, 6) is -1.18.